The number of hydrogen-bond donors (Lipinski definition) is 1. The van der Waals surface area contributed by atoms with E-state index in [4.69, 9.17) is 4.74 Å². The molecule has 0 aromatic carbocycles. The fourth-order valence-corrected chi connectivity index (χ4v) is 2.48. The highest BCUT2D eigenvalue weighted by atomic mass is 16.5. The Labute approximate surface area is 78.8 Å². The Morgan fingerprint density at radius 3 is 3.00 bits per heavy atom. The molecule has 3 nitrogen and oxygen atoms in total. The lowest BCUT2D eigenvalue weighted by Gasteiger charge is -2.39. The van der Waals surface area contributed by atoms with Crippen molar-refractivity contribution in [2.24, 2.45) is 5.92 Å². The number of nitrogens with one attached hydrogen (secondary N) is 1. The molecule has 2 fully saturated rings. The summed E-state index contributed by atoms with van der Waals surface area (Å²) in [5.74, 6) is 1.12. The summed E-state index contributed by atoms with van der Waals surface area (Å²) in [4.78, 5) is 11.2. The van der Waals surface area contributed by atoms with Gasteiger partial charge in [0.05, 0.1) is 0 Å². The number of carbonyl (C=O) groups excluding carboxylic acids is 1. The second kappa shape index (κ2) is 3.76. The lowest BCUT2D eigenvalue weighted by Crippen LogP contribution is -2.51. The van der Waals surface area contributed by atoms with E-state index >= 15 is 0 Å². The third-order valence-electron chi connectivity index (χ3n) is 3.29. The van der Waals surface area contributed by atoms with Crippen LogP contribution in [0.1, 0.15) is 32.1 Å². The molecule has 2 rings (SSSR count). The molecule has 3 unspecified atom stereocenters. The number of Topliss-reactive ketones (excluding diaryl/α,β-unsaturated/α-hetero) is 1. The van der Waals surface area contributed by atoms with Crippen molar-refractivity contribution in [2.75, 3.05) is 7.11 Å². The van der Waals surface area contributed by atoms with Crippen LogP contribution in [0.3, 0.4) is 0 Å². The van der Waals surface area contributed by atoms with E-state index in [1.54, 1.807) is 7.11 Å². The Bertz CT molecular complexity index is 205. The van der Waals surface area contributed by atoms with Crippen LogP contribution in [0.25, 0.3) is 0 Å². The van der Waals surface area contributed by atoms with E-state index in [1.807, 2.05) is 0 Å². The lowest BCUT2D eigenvalue weighted by molar-refractivity contribution is -0.123. The standard InChI is InChI=1S/C10H17NO2/c1-13-10-5-3-7-2-4-8(12)6-9(7)11-10/h7,9-11H,2-6H2,1H3. The molecule has 74 valence electrons. The van der Waals surface area contributed by atoms with Crippen molar-refractivity contribution in [1.82, 2.24) is 5.32 Å². The molecule has 0 aromatic heterocycles. The summed E-state index contributed by atoms with van der Waals surface area (Å²) < 4.78 is 5.25. The second-order valence-corrected chi connectivity index (χ2v) is 4.12. The Balaban J connectivity index is 1.95. The predicted molar refractivity (Wildman–Crippen MR) is 49.3 cm³/mol. The Morgan fingerprint density at radius 2 is 2.23 bits per heavy atom. The van der Waals surface area contributed by atoms with Crippen molar-refractivity contribution in [3.63, 3.8) is 0 Å². The highest BCUT2D eigenvalue weighted by Gasteiger charge is 2.34. The quantitative estimate of drug-likeness (QED) is 0.661. The fraction of sp³-hybridized carbons (Fsp3) is 0.900. The first-order valence-corrected chi connectivity index (χ1v) is 5.10. The van der Waals surface area contributed by atoms with Gasteiger partial charge in [-0.05, 0) is 25.2 Å². The van der Waals surface area contributed by atoms with Crippen LogP contribution in [-0.4, -0.2) is 25.2 Å². The molecule has 0 aromatic rings. The first-order chi connectivity index (χ1) is 6.29. The van der Waals surface area contributed by atoms with Gasteiger partial charge in [-0.1, -0.05) is 0 Å². The Hall–Kier alpha value is -0.410. The summed E-state index contributed by atoms with van der Waals surface area (Å²) in [5.41, 5.74) is 0. The fourth-order valence-electron chi connectivity index (χ4n) is 2.48. The summed E-state index contributed by atoms with van der Waals surface area (Å²) in [5, 5.41) is 3.39. The van der Waals surface area contributed by atoms with Crippen molar-refractivity contribution in [1.29, 1.82) is 0 Å². The van der Waals surface area contributed by atoms with Crippen LogP contribution in [0, 0.1) is 5.92 Å². The van der Waals surface area contributed by atoms with Crippen LogP contribution in [0.2, 0.25) is 0 Å². The van der Waals surface area contributed by atoms with Crippen molar-refractivity contribution in [3.05, 3.63) is 0 Å². The van der Waals surface area contributed by atoms with Crippen molar-refractivity contribution in [3.8, 4) is 0 Å². The van der Waals surface area contributed by atoms with Crippen LogP contribution in [0.4, 0.5) is 0 Å². The number of ketones is 1. The van der Waals surface area contributed by atoms with Gasteiger partial charge in [0, 0.05) is 26.0 Å². The number of carbonyl (C=O) groups is 1. The number of methoxy groups -OCH3 is 1. The summed E-state index contributed by atoms with van der Waals surface area (Å²) in [6.07, 6.45) is 5.06. The molecule has 3 heteroatoms. The zero-order chi connectivity index (χ0) is 9.26. The molecule has 1 N–H and O–H groups in total. The van der Waals surface area contributed by atoms with Gasteiger partial charge >= 0.3 is 0 Å². The minimum Gasteiger partial charge on any atom is -0.367 e. The van der Waals surface area contributed by atoms with Gasteiger partial charge in [-0.2, -0.15) is 0 Å². The molecule has 13 heavy (non-hydrogen) atoms. The smallest absolute Gasteiger partial charge is 0.134 e. The van der Waals surface area contributed by atoms with E-state index in [9.17, 15) is 4.79 Å². The van der Waals surface area contributed by atoms with Crippen LogP contribution in [0.5, 0.6) is 0 Å². The van der Waals surface area contributed by atoms with E-state index in [-0.39, 0.29) is 6.23 Å². The molecule has 3 atom stereocenters. The molecule has 1 saturated heterocycles. The molecule has 0 radical (unpaired) electrons. The van der Waals surface area contributed by atoms with E-state index in [0.717, 1.165) is 19.3 Å². The van der Waals surface area contributed by atoms with Gasteiger partial charge in [0.25, 0.3) is 0 Å². The summed E-state index contributed by atoms with van der Waals surface area (Å²) in [6, 6.07) is 0.389. The molecule has 0 spiro atoms. The predicted octanol–water partition coefficient (Wildman–Crippen LogP) is 1.08. The van der Waals surface area contributed by atoms with Gasteiger partial charge < -0.3 is 4.74 Å². The normalized spacial score (nSPS) is 40.1. The number of rotatable bonds is 1. The maximum atomic E-state index is 11.2. The molecule has 1 saturated carbocycles. The Kier molecular flexibility index (Phi) is 2.65. The highest BCUT2D eigenvalue weighted by molar-refractivity contribution is 5.79. The molecule has 1 heterocycles. The van der Waals surface area contributed by atoms with Gasteiger partial charge in [0.1, 0.15) is 12.0 Å². The zero-order valence-corrected chi connectivity index (χ0v) is 8.08. The largest absolute Gasteiger partial charge is 0.367 e. The van der Waals surface area contributed by atoms with Gasteiger partial charge in [0.15, 0.2) is 0 Å². The van der Waals surface area contributed by atoms with Crippen LogP contribution in [0.15, 0.2) is 0 Å². The van der Waals surface area contributed by atoms with E-state index in [2.05, 4.69) is 5.32 Å². The topological polar surface area (TPSA) is 38.3 Å². The monoisotopic (exact) mass is 183 g/mol. The summed E-state index contributed by atoms with van der Waals surface area (Å²) in [7, 11) is 1.72. The van der Waals surface area contributed by atoms with E-state index < -0.39 is 0 Å². The van der Waals surface area contributed by atoms with Crippen LogP contribution >= 0.6 is 0 Å². The minimum atomic E-state index is 0.173. The molecule has 1 aliphatic carbocycles. The SMILES string of the molecule is COC1CCC2CCC(=O)CC2N1. The summed E-state index contributed by atoms with van der Waals surface area (Å²) >= 11 is 0. The van der Waals surface area contributed by atoms with Gasteiger partial charge in [-0.25, -0.2) is 0 Å². The van der Waals surface area contributed by atoms with Gasteiger partial charge in [-0.15, -0.1) is 0 Å². The van der Waals surface area contributed by atoms with Crippen LogP contribution < -0.4 is 5.32 Å². The molecule has 1 aliphatic heterocycles. The van der Waals surface area contributed by atoms with Crippen LogP contribution in [-0.2, 0) is 9.53 Å². The number of fused-ring (bicyclic) bond motifs is 1. The van der Waals surface area contributed by atoms with E-state index in [1.165, 1.54) is 6.42 Å². The average Bonchev–Trinajstić information content (AvgIpc) is 2.16. The van der Waals surface area contributed by atoms with Crippen molar-refractivity contribution < 1.29 is 9.53 Å². The average molecular weight is 183 g/mol. The van der Waals surface area contributed by atoms with Gasteiger partial charge in [-0.3, -0.25) is 10.1 Å². The van der Waals surface area contributed by atoms with Crippen molar-refractivity contribution >= 4 is 5.78 Å². The molecular weight excluding hydrogens is 166 g/mol. The summed E-state index contributed by atoms with van der Waals surface area (Å²) in [6.45, 7) is 0. The maximum Gasteiger partial charge on any atom is 0.134 e. The molecule has 0 amide bonds. The third kappa shape index (κ3) is 1.92. The zero-order valence-electron chi connectivity index (χ0n) is 8.08. The second-order valence-electron chi connectivity index (χ2n) is 4.12. The first kappa shape index (κ1) is 9.16. The number of ether oxygens (including phenoxy) is 1. The Morgan fingerprint density at radius 1 is 1.38 bits per heavy atom. The highest BCUT2D eigenvalue weighted by Crippen LogP contribution is 2.30. The molecule has 0 bridgehead atoms. The van der Waals surface area contributed by atoms with E-state index in [0.29, 0.717) is 24.2 Å². The molecular formula is C10H17NO2. The third-order valence-corrected chi connectivity index (χ3v) is 3.29. The lowest BCUT2D eigenvalue weighted by atomic mass is 9.78. The first-order valence-electron chi connectivity index (χ1n) is 5.10. The number of piperidine rings is 1. The number of hydrogen-bond acceptors (Lipinski definition) is 3. The van der Waals surface area contributed by atoms with Gasteiger partial charge in [0.2, 0.25) is 0 Å². The minimum absolute atomic E-state index is 0.173. The van der Waals surface area contributed by atoms with Crippen molar-refractivity contribution in [2.45, 2.75) is 44.4 Å². The maximum absolute atomic E-state index is 11.2. The molecule has 2 aliphatic rings.